The van der Waals surface area contributed by atoms with Crippen LogP contribution in [0.3, 0.4) is 0 Å². The van der Waals surface area contributed by atoms with E-state index in [9.17, 15) is 14.4 Å². The summed E-state index contributed by atoms with van der Waals surface area (Å²) in [6.45, 7) is 5.10. The topological polar surface area (TPSA) is 97.4 Å². The predicted octanol–water partition coefficient (Wildman–Crippen LogP) is 0.174. The molecule has 0 amide bonds. The zero-order chi connectivity index (χ0) is 16.2. The van der Waals surface area contributed by atoms with Crippen LogP contribution in [0.5, 0.6) is 0 Å². The van der Waals surface area contributed by atoms with Crippen LogP contribution in [0.25, 0.3) is 0 Å². The van der Waals surface area contributed by atoms with Gasteiger partial charge < -0.3 is 23.7 Å². The molecule has 0 spiro atoms. The molecule has 0 aromatic heterocycles. The van der Waals surface area contributed by atoms with Crippen LogP contribution in [0, 0.1) is 0 Å². The molecule has 4 atom stereocenters. The van der Waals surface area contributed by atoms with Crippen molar-refractivity contribution >= 4 is 17.9 Å². The molecule has 0 bridgehead atoms. The molecule has 1 fully saturated rings. The molecule has 0 N–H and O–H groups in total. The van der Waals surface area contributed by atoms with Crippen LogP contribution >= 0.6 is 0 Å². The van der Waals surface area contributed by atoms with E-state index in [4.69, 9.17) is 23.7 Å². The molecule has 1 saturated heterocycles. The lowest BCUT2D eigenvalue weighted by Gasteiger charge is -2.29. The Balaban J connectivity index is 3.01. The minimum absolute atomic E-state index is 0.169. The fraction of sp³-hybridized carbons (Fsp3) is 0.769. The molecule has 1 heterocycles. The molecule has 1 unspecified atom stereocenters. The van der Waals surface area contributed by atoms with E-state index in [1.807, 2.05) is 0 Å². The van der Waals surface area contributed by atoms with Gasteiger partial charge in [0.25, 0.3) is 0 Å². The summed E-state index contributed by atoms with van der Waals surface area (Å²) in [5, 5.41) is 0. The molecular weight excluding hydrogens is 284 g/mol. The van der Waals surface area contributed by atoms with Crippen molar-refractivity contribution in [1.29, 1.82) is 0 Å². The van der Waals surface area contributed by atoms with Crippen molar-refractivity contribution in [2.24, 2.45) is 0 Å². The normalized spacial score (nSPS) is 31.6. The second-order valence-corrected chi connectivity index (χ2v) is 4.92. The van der Waals surface area contributed by atoms with Crippen LogP contribution in [0.1, 0.15) is 27.7 Å². The number of rotatable bonds is 5. The number of methoxy groups -OCH3 is 1. The number of hydrogen-bond acceptors (Lipinski definition) is 8. The van der Waals surface area contributed by atoms with E-state index in [-0.39, 0.29) is 6.61 Å². The fourth-order valence-corrected chi connectivity index (χ4v) is 2.11. The molecule has 120 valence electrons. The second kappa shape index (κ2) is 6.86. The summed E-state index contributed by atoms with van der Waals surface area (Å²) in [4.78, 5) is 33.5. The Labute approximate surface area is 122 Å². The SMILES string of the molecule is COC1O[C@](C)(COC(C)=O)[C@@H](OC(C)=O)[C@H]1OC(C)=O. The van der Waals surface area contributed by atoms with Crippen LogP contribution < -0.4 is 0 Å². The first-order valence-electron chi connectivity index (χ1n) is 6.38. The van der Waals surface area contributed by atoms with Crippen molar-refractivity contribution in [2.45, 2.75) is 51.8 Å². The lowest BCUT2D eigenvalue weighted by atomic mass is 9.98. The van der Waals surface area contributed by atoms with Gasteiger partial charge in [0, 0.05) is 27.9 Å². The van der Waals surface area contributed by atoms with E-state index in [2.05, 4.69) is 0 Å². The van der Waals surface area contributed by atoms with Crippen molar-refractivity contribution < 1.29 is 38.1 Å². The number of carbonyl (C=O) groups excluding carboxylic acids is 3. The van der Waals surface area contributed by atoms with E-state index in [0.29, 0.717) is 0 Å². The molecule has 21 heavy (non-hydrogen) atoms. The van der Waals surface area contributed by atoms with E-state index in [1.165, 1.54) is 27.9 Å². The largest absolute Gasteiger partial charge is 0.463 e. The standard InChI is InChI=1S/C13H20O8/c1-7(14)18-6-13(4)11(20-9(3)16)10(19-8(2)15)12(17-5)21-13/h10-12H,6H2,1-5H3/t10-,11+,12?,13-/m1/s1. The first-order chi connectivity index (χ1) is 9.69. The van der Waals surface area contributed by atoms with Crippen molar-refractivity contribution in [3.05, 3.63) is 0 Å². The highest BCUT2D eigenvalue weighted by molar-refractivity contribution is 5.68. The van der Waals surface area contributed by atoms with Crippen molar-refractivity contribution in [2.75, 3.05) is 13.7 Å². The summed E-state index contributed by atoms with van der Waals surface area (Å²) in [6, 6.07) is 0. The average Bonchev–Trinajstić information content (AvgIpc) is 2.61. The summed E-state index contributed by atoms with van der Waals surface area (Å²) < 4.78 is 26.0. The van der Waals surface area contributed by atoms with E-state index in [1.54, 1.807) is 6.92 Å². The molecule has 0 radical (unpaired) electrons. The zero-order valence-electron chi connectivity index (χ0n) is 12.7. The predicted molar refractivity (Wildman–Crippen MR) is 68.0 cm³/mol. The molecule has 0 aromatic carbocycles. The zero-order valence-corrected chi connectivity index (χ0v) is 12.7. The van der Waals surface area contributed by atoms with Crippen LogP contribution in [0.2, 0.25) is 0 Å². The van der Waals surface area contributed by atoms with Gasteiger partial charge in [0.2, 0.25) is 0 Å². The van der Waals surface area contributed by atoms with E-state index in [0.717, 1.165) is 0 Å². The molecule has 8 heteroatoms. The Morgan fingerprint density at radius 1 is 1.05 bits per heavy atom. The molecule has 1 aliphatic rings. The van der Waals surface area contributed by atoms with Crippen molar-refractivity contribution in [1.82, 2.24) is 0 Å². The highest BCUT2D eigenvalue weighted by Gasteiger charge is 2.57. The third-order valence-electron chi connectivity index (χ3n) is 2.94. The first kappa shape index (κ1) is 17.4. The number of ether oxygens (including phenoxy) is 5. The summed E-state index contributed by atoms with van der Waals surface area (Å²) in [5.74, 6) is -1.66. The van der Waals surface area contributed by atoms with Gasteiger partial charge in [-0.05, 0) is 6.92 Å². The summed E-state index contributed by atoms with van der Waals surface area (Å²) in [5.41, 5.74) is -1.18. The van der Waals surface area contributed by atoms with Gasteiger partial charge in [-0.3, -0.25) is 14.4 Å². The van der Waals surface area contributed by atoms with Gasteiger partial charge in [0.15, 0.2) is 18.5 Å². The summed E-state index contributed by atoms with van der Waals surface area (Å²) in [6.07, 6.45) is -2.83. The molecular formula is C13H20O8. The highest BCUT2D eigenvalue weighted by atomic mass is 16.7. The maximum Gasteiger partial charge on any atom is 0.303 e. The number of esters is 3. The highest BCUT2D eigenvalue weighted by Crippen LogP contribution is 2.36. The number of carbonyl (C=O) groups is 3. The molecule has 8 nitrogen and oxygen atoms in total. The fourth-order valence-electron chi connectivity index (χ4n) is 2.11. The van der Waals surface area contributed by atoms with E-state index >= 15 is 0 Å². The third-order valence-corrected chi connectivity index (χ3v) is 2.94. The van der Waals surface area contributed by atoms with Gasteiger partial charge in [0.05, 0.1) is 0 Å². The van der Waals surface area contributed by atoms with Crippen LogP contribution in [-0.4, -0.2) is 55.7 Å². The second-order valence-electron chi connectivity index (χ2n) is 4.92. The molecule has 0 saturated carbocycles. The maximum atomic E-state index is 11.3. The molecule has 0 aliphatic carbocycles. The van der Waals surface area contributed by atoms with Crippen LogP contribution in [0.15, 0.2) is 0 Å². The Hall–Kier alpha value is -1.67. The van der Waals surface area contributed by atoms with Gasteiger partial charge in [-0.2, -0.15) is 0 Å². The molecule has 1 rings (SSSR count). The Bertz CT molecular complexity index is 420. The molecule has 0 aromatic rings. The quantitative estimate of drug-likeness (QED) is 0.524. The van der Waals surface area contributed by atoms with Crippen LogP contribution in [0.4, 0.5) is 0 Å². The van der Waals surface area contributed by atoms with Crippen LogP contribution in [-0.2, 0) is 38.1 Å². The van der Waals surface area contributed by atoms with Gasteiger partial charge in [-0.1, -0.05) is 0 Å². The Kier molecular flexibility index (Phi) is 5.68. The summed E-state index contributed by atoms with van der Waals surface area (Å²) >= 11 is 0. The lowest BCUT2D eigenvalue weighted by Crippen LogP contribution is -2.48. The lowest BCUT2D eigenvalue weighted by molar-refractivity contribution is -0.196. The maximum absolute atomic E-state index is 11.3. The monoisotopic (exact) mass is 304 g/mol. The Morgan fingerprint density at radius 3 is 2.05 bits per heavy atom. The number of hydrogen-bond donors (Lipinski definition) is 0. The minimum atomic E-state index is -1.18. The van der Waals surface area contributed by atoms with Crippen molar-refractivity contribution in [3.8, 4) is 0 Å². The average molecular weight is 304 g/mol. The third kappa shape index (κ3) is 4.40. The van der Waals surface area contributed by atoms with Gasteiger partial charge in [-0.15, -0.1) is 0 Å². The summed E-state index contributed by atoms with van der Waals surface area (Å²) in [7, 11) is 1.36. The Morgan fingerprint density at radius 2 is 1.62 bits per heavy atom. The van der Waals surface area contributed by atoms with Crippen molar-refractivity contribution in [3.63, 3.8) is 0 Å². The van der Waals surface area contributed by atoms with Gasteiger partial charge >= 0.3 is 17.9 Å². The first-order valence-corrected chi connectivity index (χ1v) is 6.38. The molecule has 1 aliphatic heterocycles. The minimum Gasteiger partial charge on any atom is -0.463 e. The van der Waals surface area contributed by atoms with E-state index < -0.39 is 42.0 Å². The van der Waals surface area contributed by atoms with Gasteiger partial charge in [0.1, 0.15) is 12.2 Å². The van der Waals surface area contributed by atoms with Gasteiger partial charge in [-0.25, -0.2) is 0 Å². The smallest absolute Gasteiger partial charge is 0.303 e.